The first-order valence-corrected chi connectivity index (χ1v) is 7.79. The van der Waals surface area contributed by atoms with Crippen molar-refractivity contribution >= 4 is 34.6 Å². The van der Waals surface area contributed by atoms with Crippen molar-refractivity contribution in [3.8, 4) is 11.5 Å². The number of carbonyl (C=O) groups is 1. The Balaban J connectivity index is 1.81. The van der Waals surface area contributed by atoms with Crippen LogP contribution in [0.15, 0.2) is 52.4 Å². The molecule has 0 aromatic heterocycles. The van der Waals surface area contributed by atoms with E-state index in [2.05, 4.69) is 10.3 Å². The number of amidine groups is 1. The van der Waals surface area contributed by atoms with Crippen LogP contribution in [0.3, 0.4) is 0 Å². The number of ether oxygens (including phenoxy) is 1. The molecule has 0 radical (unpaired) electrons. The van der Waals surface area contributed by atoms with Gasteiger partial charge in [0.1, 0.15) is 5.82 Å². The molecule has 24 heavy (non-hydrogen) atoms. The van der Waals surface area contributed by atoms with E-state index in [0.29, 0.717) is 27.1 Å². The van der Waals surface area contributed by atoms with E-state index in [9.17, 15) is 14.3 Å². The van der Waals surface area contributed by atoms with Gasteiger partial charge in [0.25, 0.3) is 5.91 Å². The summed E-state index contributed by atoms with van der Waals surface area (Å²) in [6.07, 6.45) is 1.65. The molecule has 0 atom stereocenters. The van der Waals surface area contributed by atoms with Gasteiger partial charge in [-0.15, -0.1) is 0 Å². The second-order valence-corrected chi connectivity index (χ2v) is 5.92. The minimum absolute atomic E-state index is 0.00421. The highest BCUT2D eigenvalue weighted by Crippen LogP contribution is 2.31. The molecule has 0 aliphatic carbocycles. The summed E-state index contributed by atoms with van der Waals surface area (Å²) < 4.78 is 17.9. The number of aliphatic imine (C=N–C) groups is 1. The molecule has 122 valence electrons. The topological polar surface area (TPSA) is 70.9 Å². The maximum atomic E-state index is 12.9. The second kappa shape index (κ2) is 6.76. The molecule has 5 nitrogen and oxygen atoms in total. The summed E-state index contributed by atoms with van der Waals surface area (Å²) in [5.41, 5.74) is 1.21. The SMILES string of the molecule is COc1ccc(/C=C2\SC(=Nc3ccc(F)cc3)NC2=O)cc1O. The Kier molecular flexibility index (Phi) is 4.52. The monoisotopic (exact) mass is 344 g/mol. The first-order chi connectivity index (χ1) is 11.5. The van der Waals surface area contributed by atoms with Gasteiger partial charge in [-0.2, -0.15) is 0 Å². The van der Waals surface area contributed by atoms with E-state index in [-0.39, 0.29) is 17.5 Å². The molecular weight excluding hydrogens is 331 g/mol. The van der Waals surface area contributed by atoms with E-state index in [1.807, 2.05) is 0 Å². The van der Waals surface area contributed by atoms with Gasteiger partial charge in [-0.05, 0) is 59.8 Å². The lowest BCUT2D eigenvalue weighted by Gasteiger charge is -2.03. The van der Waals surface area contributed by atoms with Crippen molar-refractivity contribution in [2.24, 2.45) is 4.99 Å². The Morgan fingerprint density at radius 2 is 2.00 bits per heavy atom. The van der Waals surface area contributed by atoms with Gasteiger partial charge in [0.15, 0.2) is 16.7 Å². The van der Waals surface area contributed by atoms with Crippen molar-refractivity contribution in [3.05, 3.63) is 58.8 Å². The second-order valence-electron chi connectivity index (χ2n) is 4.89. The summed E-state index contributed by atoms with van der Waals surface area (Å²) in [5, 5.41) is 12.8. The Hall–Kier alpha value is -2.80. The Morgan fingerprint density at radius 1 is 1.25 bits per heavy atom. The third-order valence-electron chi connectivity index (χ3n) is 3.21. The number of benzene rings is 2. The van der Waals surface area contributed by atoms with Gasteiger partial charge in [0.05, 0.1) is 17.7 Å². The normalized spacial score (nSPS) is 17.3. The maximum Gasteiger partial charge on any atom is 0.264 e. The number of thioether (sulfide) groups is 1. The molecule has 0 unspecified atom stereocenters. The Morgan fingerprint density at radius 3 is 2.67 bits per heavy atom. The van der Waals surface area contributed by atoms with Crippen molar-refractivity contribution in [1.82, 2.24) is 5.32 Å². The third-order valence-corrected chi connectivity index (χ3v) is 4.12. The number of nitrogens with one attached hydrogen (secondary N) is 1. The molecule has 0 spiro atoms. The molecule has 1 heterocycles. The van der Waals surface area contributed by atoms with Crippen LogP contribution in [0.2, 0.25) is 0 Å². The average molecular weight is 344 g/mol. The highest BCUT2D eigenvalue weighted by atomic mass is 32.2. The molecule has 2 N–H and O–H groups in total. The van der Waals surface area contributed by atoms with Crippen LogP contribution in [0.25, 0.3) is 6.08 Å². The van der Waals surface area contributed by atoms with Gasteiger partial charge in [0, 0.05) is 0 Å². The molecular formula is C17H13FN2O3S. The predicted molar refractivity (Wildman–Crippen MR) is 91.9 cm³/mol. The maximum absolute atomic E-state index is 12.9. The van der Waals surface area contributed by atoms with E-state index >= 15 is 0 Å². The fraction of sp³-hybridized carbons (Fsp3) is 0.0588. The fourth-order valence-electron chi connectivity index (χ4n) is 2.06. The average Bonchev–Trinajstić information content (AvgIpc) is 2.89. The number of nitrogens with zero attached hydrogens (tertiary/aromatic N) is 1. The summed E-state index contributed by atoms with van der Waals surface area (Å²) in [6, 6.07) is 10.5. The molecule has 2 aromatic rings. The van der Waals surface area contributed by atoms with E-state index in [1.54, 1.807) is 18.2 Å². The van der Waals surface area contributed by atoms with Gasteiger partial charge < -0.3 is 15.2 Å². The summed E-state index contributed by atoms with van der Waals surface area (Å²) in [4.78, 5) is 16.7. The summed E-state index contributed by atoms with van der Waals surface area (Å²) in [5.74, 6) is -0.271. The van der Waals surface area contributed by atoms with Crippen LogP contribution in [0.1, 0.15) is 5.56 Å². The number of methoxy groups -OCH3 is 1. The van der Waals surface area contributed by atoms with Crippen molar-refractivity contribution in [2.75, 3.05) is 7.11 Å². The Labute approximate surface area is 141 Å². The van der Waals surface area contributed by atoms with Gasteiger partial charge in [-0.25, -0.2) is 9.38 Å². The smallest absolute Gasteiger partial charge is 0.264 e. The standard InChI is InChI=1S/C17H13FN2O3S/c1-23-14-7-2-10(8-13(14)21)9-15-16(22)20-17(24-15)19-12-5-3-11(18)4-6-12/h2-9,21H,1H3,(H,19,20,22)/b15-9-. The van der Waals surface area contributed by atoms with E-state index in [0.717, 1.165) is 0 Å². The third kappa shape index (κ3) is 3.57. The summed E-state index contributed by atoms with van der Waals surface area (Å²) in [7, 11) is 1.46. The number of halogens is 1. The lowest BCUT2D eigenvalue weighted by Crippen LogP contribution is -2.19. The first kappa shape index (κ1) is 16.1. The van der Waals surface area contributed by atoms with Gasteiger partial charge in [-0.1, -0.05) is 6.07 Å². The number of carbonyl (C=O) groups excluding carboxylic acids is 1. The molecule has 1 aliphatic heterocycles. The molecule has 3 rings (SSSR count). The molecule has 0 saturated carbocycles. The van der Waals surface area contributed by atoms with Crippen LogP contribution in [0.5, 0.6) is 11.5 Å². The molecule has 7 heteroatoms. The predicted octanol–water partition coefficient (Wildman–Crippen LogP) is 3.43. The van der Waals surface area contributed by atoms with Crippen LogP contribution >= 0.6 is 11.8 Å². The quantitative estimate of drug-likeness (QED) is 0.837. The minimum Gasteiger partial charge on any atom is -0.504 e. The number of rotatable bonds is 3. The van der Waals surface area contributed by atoms with Crippen molar-refractivity contribution in [1.29, 1.82) is 0 Å². The molecule has 1 saturated heterocycles. The van der Waals surface area contributed by atoms with E-state index < -0.39 is 0 Å². The number of hydrogen-bond donors (Lipinski definition) is 2. The lowest BCUT2D eigenvalue weighted by atomic mass is 10.2. The van der Waals surface area contributed by atoms with Crippen LogP contribution < -0.4 is 10.1 Å². The zero-order chi connectivity index (χ0) is 17.1. The molecule has 1 aliphatic rings. The number of phenols is 1. The van der Waals surface area contributed by atoms with Crippen LogP contribution in [0, 0.1) is 5.82 Å². The van der Waals surface area contributed by atoms with E-state index in [1.165, 1.54) is 49.2 Å². The highest BCUT2D eigenvalue weighted by Gasteiger charge is 2.23. The number of phenolic OH excluding ortho intramolecular Hbond substituents is 1. The fourth-order valence-corrected chi connectivity index (χ4v) is 2.90. The number of amides is 1. The van der Waals surface area contributed by atoms with Crippen LogP contribution in [-0.4, -0.2) is 23.3 Å². The number of hydrogen-bond acceptors (Lipinski definition) is 5. The summed E-state index contributed by atoms with van der Waals surface area (Å²) >= 11 is 1.17. The van der Waals surface area contributed by atoms with Crippen molar-refractivity contribution in [2.45, 2.75) is 0 Å². The molecule has 2 aromatic carbocycles. The number of aromatic hydroxyl groups is 1. The highest BCUT2D eigenvalue weighted by molar-refractivity contribution is 8.18. The van der Waals surface area contributed by atoms with Crippen molar-refractivity contribution in [3.63, 3.8) is 0 Å². The van der Waals surface area contributed by atoms with Crippen molar-refractivity contribution < 1.29 is 19.0 Å². The zero-order valence-electron chi connectivity index (χ0n) is 12.6. The first-order valence-electron chi connectivity index (χ1n) is 6.97. The summed E-state index contributed by atoms with van der Waals surface area (Å²) in [6.45, 7) is 0. The molecule has 1 amide bonds. The Bertz CT molecular complexity index is 847. The molecule has 0 bridgehead atoms. The zero-order valence-corrected chi connectivity index (χ0v) is 13.4. The van der Waals surface area contributed by atoms with Gasteiger partial charge in [0.2, 0.25) is 0 Å². The van der Waals surface area contributed by atoms with Crippen LogP contribution in [0.4, 0.5) is 10.1 Å². The minimum atomic E-state index is -0.345. The van der Waals surface area contributed by atoms with Gasteiger partial charge >= 0.3 is 0 Å². The van der Waals surface area contributed by atoms with E-state index in [4.69, 9.17) is 4.74 Å². The van der Waals surface area contributed by atoms with Crippen LogP contribution in [-0.2, 0) is 4.79 Å². The molecule has 1 fully saturated rings. The van der Waals surface area contributed by atoms with Gasteiger partial charge in [-0.3, -0.25) is 4.79 Å². The largest absolute Gasteiger partial charge is 0.504 e. The lowest BCUT2D eigenvalue weighted by molar-refractivity contribution is -0.115.